The van der Waals surface area contributed by atoms with E-state index in [4.69, 9.17) is 9.26 Å². The molecule has 4 rings (SSSR count). The topological polar surface area (TPSA) is 86.3 Å². The van der Waals surface area contributed by atoms with Gasteiger partial charge in [0.2, 0.25) is 0 Å². The maximum atomic E-state index is 12.8. The number of aromatic nitrogens is 4. The van der Waals surface area contributed by atoms with Crippen LogP contribution in [0, 0.1) is 13.8 Å². The third kappa shape index (κ3) is 4.85. The van der Waals surface area contributed by atoms with Crippen LogP contribution < -0.4 is 10.5 Å². The zero-order chi connectivity index (χ0) is 22.2. The zero-order valence-corrected chi connectivity index (χ0v) is 18.8. The number of aryl methyl sites for hydroxylation is 2. The predicted molar refractivity (Wildman–Crippen MR) is 118 cm³/mol. The van der Waals surface area contributed by atoms with Gasteiger partial charge in [-0.25, -0.2) is 4.68 Å². The maximum absolute atomic E-state index is 12.8. The summed E-state index contributed by atoms with van der Waals surface area (Å²) in [4.78, 5) is 19.3. The lowest BCUT2D eigenvalue weighted by molar-refractivity contribution is -0.0492. The number of hydrogen-bond donors (Lipinski definition) is 0. The van der Waals surface area contributed by atoms with Gasteiger partial charge >= 0.3 is 0 Å². The first-order valence-electron chi connectivity index (χ1n) is 10.6. The highest BCUT2D eigenvalue weighted by molar-refractivity contribution is 5.62. The summed E-state index contributed by atoms with van der Waals surface area (Å²) < 4.78 is 12.9. The van der Waals surface area contributed by atoms with Gasteiger partial charge in [-0.15, -0.1) is 0 Å². The third-order valence-electron chi connectivity index (χ3n) is 5.36. The molecule has 3 aromatic rings. The Bertz CT molecular complexity index is 1110. The molecule has 31 heavy (non-hydrogen) atoms. The minimum atomic E-state index is -0.177. The molecule has 0 N–H and O–H groups in total. The Morgan fingerprint density at radius 1 is 1.23 bits per heavy atom. The number of nitrogens with zero attached hydrogens (tertiary/aromatic N) is 5. The van der Waals surface area contributed by atoms with Gasteiger partial charge in [-0.2, -0.15) is 5.10 Å². The van der Waals surface area contributed by atoms with Crippen molar-refractivity contribution >= 4 is 5.69 Å². The molecule has 0 aromatic carbocycles. The lowest BCUT2D eigenvalue weighted by Gasteiger charge is -2.25. The van der Waals surface area contributed by atoms with Gasteiger partial charge in [0.1, 0.15) is 11.5 Å². The molecule has 0 bridgehead atoms. The summed E-state index contributed by atoms with van der Waals surface area (Å²) in [5.41, 5.74) is 3.78. The van der Waals surface area contributed by atoms with Gasteiger partial charge in [-0.1, -0.05) is 5.16 Å². The first-order valence-corrected chi connectivity index (χ1v) is 10.6. The van der Waals surface area contributed by atoms with E-state index in [1.165, 1.54) is 4.68 Å². The molecular formula is C23H29N5O3. The van der Waals surface area contributed by atoms with Gasteiger partial charge in [-0.05, 0) is 53.2 Å². The average Bonchev–Trinajstić information content (AvgIpc) is 3.30. The molecule has 1 aliphatic rings. The van der Waals surface area contributed by atoms with Crippen LogP contribution in [-0.2, 0) is 11.3 Å². The van der Waals surface area contributed by atoms with Gasteiger partial charge in [0.25, 0.3) is 5.56 Å². The molecule has 0 radical (unpaired) electrons. The molecule has 4 heterocycles. The van der Waals surface area contributed by atoms with Crippen LogP contribution in [0.5, 0.6) is 0 Å². The van der Waals surface area contributed by atoms with E-state index in [9.17, 15) is 4.79 Å². The molecule has 0 amide bonds. The lowest BCUT2D eigenvalue weighted by atomic mass is 10.1. The summed E-state index contributed by atoms with van der Waals surface area (Å²) in [6, 6.07) is 5.52. The molecule has 0 spiro atoms. The van der Waals surface area contributed by atoms with Gasteiger partial charge in [0.15, 0.2) is 0 Å². The maximum Gasteiger partial charge on any atom is 0.269 e. The van der Waals surface area contributed by atoms with Crippen LogP contribution in [-0.4, -0.2) is 44.7 Å². The number of ether oxygens (including phenoxy) is 1. The standard InChI is InChI=1S/C23H29N5O3/c1-15-6-7-17(11-24-15)22-20(16(2)31-26-22)14-28-21(29)10-18(12-25-28)27-9-8-19(13-27)30-23(3,4)5/h6-7,10-12,19H,8-9,13-14H2,1-5H3/t19-/m1/s1. The van der Waals surface area contributed by atoms with E-state index < -0.39 is 0 Å². The van der Waals surface area contributed by atoms with Crippen LogP contribution in [0.15, 0.2) is 39.9 Å². The number of pyridine rings is 1. The molecule has 8 nitrogen and oxygen atoms in total. The molecule has 1 fully saturated rings. The van der Waals surface area contributed by atoms with Gasteiger partial charge in [0.05, 0.1) is 30.1 Å². The van der Waals surface area contributed by atoms with Crippen LogP contribution in [0.25, 0.3) is 11.3 Å². The zero-order valence-electron chi connectivity index (χ0n) is 18.8. The monoisotopic (exact) mass is 423 g/mol. The van der Waals surface area contributed by atoms with E-state index in [1.54, 1.807) is 18.5 Å². The quantitative estimate of drug-likeness (QED) is 0.622. The summed E-state index contributed by atoms with van der Waals surface area (Å²) in [6.45, 7) is 11.9. The Morgan fingerprint density at radius 3 is 2.71 bits per heavy atom. The normalized spacial score (nSPS) is 16.8. The van der Waals surface area contributed by atoms with Crippen molar-refractivity contribution < 1.29 is 9.26 Å². The molecule has 0 aliphatic carbocycles. The second-order valence-corrected chi connectivity index (χ2v) is 9.05. The number of hydrogen-bond acceptors (Lipinski definition) is 7. The minimum absolute atomic E-state index is 0.160. The second-order valence-electron chi connectivity index (χ2n) is 9.05. The van der Waals surface area contributed by atoms with Crippen LogP contribution in [0.4, 0.5) is 5.69 Å². The van der Waals surface area contributed by atoms with Crippen LogP contribution in [0.2, 0.25) is 0 Å². The molecule has 1 atom stereocenters. The van der Waals surface area contributed by atoms with Crippen molar-refractivity contribution in [1.29, 1.82) is 0 Å². The fourth-order valence-electron chi connectivity index (χ4n) is 3.84. The summed E-state index contributed by atoms with van der Waals surface area (Å²) in [5.74, 6) is 0.662. The van der Waals surface area contributed by atoms with Crippen molar-refractivity contribution in [1.82, 2.24) is 19.9 Å². The van der Waals surface area contributed by atoms with Crippen LogP contribution >= 0.6 is 0 Å². The van der Waals surface area contributed by atoms with Gasteiger partial charge in [-0.3, -0.25) is 9.78 Å². The molecular weight excluding hydrogens is 394 g/mol. The van der Waals surface area contributed by atoms with Crippen molar-refractivity contribution in [3.8, 4) is 11.3 Å². The lowest BCUT2D eigenvalue weighted by Crippen LogP contribution is -2.31. The molecule has 1 aliphatic heterocycles. The molecule has 3 aromatic heterocycles. The first kappa shape index (κ1) is 21.2. The fraction of sp³-hybridized carbons (Fsp3) is 0.478. The van der Waals surface area contributed by atoms with E-state index in [1.807, 2.05) is 26.0 Å². The molecule has 0 unspecified atom stereocenters. The first-order chi connectivity index (χ1) is 14.7. The van der Waals surface area contributed by atoms with Crippen LogP contribution in [0.3, 0.4) is 0 Å². The average molecular weight is 424 g/mol. The summed E-state index contributed by atoms with van der Waals surface area (Å²) in [7, 11) is 0. The van der Waals surface area contributed by atoms with Gasteiger partial charge in [0, 0.05) is 42.2 Å². The minimum Gasteiger partial charge on any atom is -0.371 e. The highest BCUT2D eigenvalue weighted by atomic mass is 16.5. The van der Waals surface area contributed by atoms with E-state index in [2.05, 4.69) is 40.9 Å². The Hall–Kier alpha value is -3.00. The molecule has 1 saturated heterocycles. The highest BCUT2D eigenvalue weighted by Gasteiger charge is 2.28. The van der Waals surface area contributed by atoms with Crippen LogP contribution in [0.1, 0.15) is 44.2 Å². The fourth-order valence-corrected chi connectivity index (χ4v) is 3.84. The largest absolute Gasteiger partial charge is 0.371 e. The van der Waals surface area contributed by atoms with Crippen molar-refractivity contribution in [2.75, 3.05) is 18.0 Å². The van der Waals surface area contributed by atoms with E-state index in [0.717, 1.165) is 42.0 Å². The predicted octanol–water partition coefficient (Wildman–Crippen LogP) is 3.35. The summed E-state index contributed by atoms with van der Waals surface area (Å²) in [5, 5.41) is 8.60. The number of anilines is 1. The van der Waals surface area contributed by atoms with Crippen molar-refractivity contribution in [2.45, 2.75) is 59.3 Å². The summed E-state index contributed by atoms with van der Waals surface area (Å²) >= 11 is 0. The Balaban J connectivity index is 1.52. The van der Waals surface area contributed by atoms with Gasteiger partial charge < -0.3 is 14.2 Å². The molecule has 164 valence electrons. The third-order valence-corrected chi connectivity index (χ3v) is 5.36. The van der Waals surface area contributed by atoms with Crippen molar-refractivity contribution in [3.63, 3.8) is 0 Å². The molecule has 8 heteroatoms. The van der Waals surface area contributed by atoms with E-state index >= 15 is 0 Å². The Morgan fingerprint density at radius 2 is 2.03 bits per heavy atom. The molecule has 0 saturated carbocycles. The second kappa shape index (κ2) is 8.26. The SMILES string of the molecule is Cc1ccc(-c2noc(C)c2Cn2ncc(N3CC[C@@H](OC(C)(C)C)C3)cc2=O)cn1. The Labute approximate surface area is 181 Å². The van der Waals surface area contributed by atoms with E-state index in [0.29, 0.717) is 11.5 Å². The van der Waals surface area contributed by atoms with E-state index in [-0.39, 0.29) is 23.8 Å². The smallest absolute Gasteiger partial charge is 0.269 e. The van der Waals surface area contributed by atoms with Crippen molar-refractivity contribution in [2.24, 2.45) is 0 Å². The van der Waals surface area contributed by atoms with Crippen molar-refractivity contribution in [3.05, 3.63) is 58.0 Å². The Kier molecular flexibility index (Phi) is 5.66. The number of rotatable bonds is 5. The highest BCUT2D eigenvalue weighted by Crippen LogP contribution is 2.26. The summed E-state index contributed by atoms with van der Waals surface area (Å²) in [6.07, 6.45) is 4.61.